The van der Waals surface area contributed by atoms with Gasteiger partial charge in [-0.15, -0.1) is 0 Å². The highest BCUT2D eigenvalue weighted by molar-refractivity contribution is 4.90. The number of hydrogen-bond acceptors (Lipinski definition) is 2. The van der Waals surface area contributed by atoms with Crippen molar-refractivity contribution >= 4 is 0 Å². The topological polar surface area (TPSA) is 12.5 Å². The van der Waals surface area contributed by atoms with Gasteiger partial charge in [0.1, 0.15) is 6.17 Å². The lowest BCUT2D eigenvalue weighted by atomic mass is 10.2. The standard InChI is InChI=1S/C8H16FNO/c1-6-4-7(9)8(5-11-3)10(6)2/h6-8H,4-5H2,1-3H3. The van der Waals surface area contributed by atoms with Crippen LogP contribution in [-0.2, 0) is 4.74 Å². The van der Waals surface area contributed by atoms with Crippen LogP contribution < -0.4 is 0 Å². The minimum Gasteiger partial charge on any atom is -0.383 e. The number of halogens is 1. The minimum absolute atomic E-state index is 0.0324. The fraction of sp³-hybridized carbons (Fsp3) is 1.00. The van der Waals surface area contributed by atoms with Crippen LogP contribution in [0.2, 0.25) is 0 Å². The van der Waals surface area contributed by atoms with E-state index in [-0.39, 0.29) is 6.04 Å². The van der Waals surface area contributed by atoms with Crippen LogP contribution in [0.4, 0.5) is 4.39 Å². The number of likely N-dealkylation sites (N-methyl/N-ethyl adjacent to an activating group) is 1. The molecule has 1 rings (SSSR count). The average molecular weight is 161 g/mol. The molecule has 2 nitrogen and oxygen atoms in total. The Kier molecular flexibility index (Phi) is 2.84. The molecular formula is C8H16FNO. The molecule has 1 heterocycles. The number of nitrogens with zero attached hydrogens (tertiary/aromatic N) is 1. The normalized spacial score (nSPS) is 39.8. The Morgan fingerprint density at radius 2 is 2.27 bits per heavy atom. The fourth-order valence-corrected chi connectivity index (χ4v) is 1.62. The highest BCUT2D eigenvalue weighted by Gasteiger charge is 2.36. The number of ether oxygens (including phenoxy) is 1. The molecule has 0 saturated carbocycles. The van der Waals surface area contributed by atoms with Gasteiger partial charge in [-0.3, -0.25) is 4.90 Å². The van der Waals surface area contributed by atoms with Crippen molar-refractivity contribution in [3.63, 3.8) is 0 Å². The van der Waals surface area contributed by atoms with Crippen molar-refractivity contribution in [2.75, 3.05) is 20.8 Å². The quantitative estimate of drug-likeness (QED) is 0.600. The summed E-state index contributed by atoms with van der Waals surface area (Å²) in [5.74, 6) is 0. The summed E-state index contributed by atoms with van der Waals surface area (Å²) in [4.78, 5) is 2.05. The molecule has 0 bridgehead atoms. The number of rotatable bonds is 2. The first-order valence-corrected chi connectivity index (χ1v) is 4.01. The van der Waals surface area contributed by atoms with E-state index in [0.717, 1.165) is 0 Å². The summed E-state index contributed by atoms with van der Waals surface area (Å²) < 4.78 is 18.1. The first-order chi connectivity index (χ1) is 5.16. The summed E-state index contributed by atoms with van der Waals surface area (Å²) in [5, 5.41) is 0. The van der Waals surface area contributed by atoms with Crippen molar-refractivity contribution in [3.05, 3.63) is 0 Å². The molecule has 3 heteroatoms. The summed E-state index contributed by atoms with van der Waals surface area (Å²) in [6.07, 6.45) is -0.0696. The summed E-state index contributed by atoms with van der Waals surface area (Å²) >= 11 is 0. The molecule has 1 saturated heterocycles. The van der Waals surface area contributed by atoms with E-state index in [4.69, 9.17) is 4.74 Å². The second-order valence-corrected chi connectivity index (χ2v) is 3.29. The molecule has 1 aliphatic heterocycles. The molecule has 1 aliphatic rings. The van der Waals surface area contributed by atoms with E-state index >= 15 is 0 Å². The lowest BCUT2D eigenvalue weighted by Gasteiger charge is -2.22. The Balaban J connectivity index is 2.49. The Morgan fingerprint density at radius 1 is 1.64 bits per heavy atom. The SMILES string of the molecule is COCC1C(F)CC(C)N1C. The molecule has 0 aromatic rings. The van der Waals surface area contributed by atoms with Crippen molar-refractivity contribution < 1.29 is 9.13 Å². The Bertz CT molecular complexity index is 131. The van der Waals surface area contributed by atoms with Gasteiger partial charge in [0.2, 0.25) is 0 Å². The summed E-state index contributed by atoms with van der Waals surface area (Å²) in [5.41, 5.74) is 0. The van der Waals surface area contributed by atoms with Crippen molar-refractivity contribution in [2.45, 2.75) is 31.6 Å². The maximum Gasteiger partial charge on any atom is 0.119 e. The lowest BCUT2D eigenvalue weighted by Crippen LogP contribution is -2.36. The monoisotopic (exact) mass is 161 g/mol. The maximum atomic E-state index is 13.2. The van der Waals surface area contributed by atoms with Gasteiger partial charge in [0, 0.05) is 13.2 Å². The third-order valence-electron chi connectivity index (χ3n) is 2.54. The Hall–Kier alpha value is -0.150. The summed E-state index contributed by atoms with van der Waals surface area (Å²) in [6.45, 7) is 2.55. The van der Waals surface area contributed by atoms with Gasteiger partial charge in [-0.05, 0) is 20.4 Å². The molecule has 0 radical (unpaired) electrons. The molecular weight excluding hydrogens is 145 g/mol. The van der Waals surface area contributed by atoms with Gasteiger partial charge in [-0.2, -0.15) is 0 Å². The van der Waals surface area contributed by atoms with E-state index in [0.29, 0.717) is 19.1 Å². The largest absolute Gasteiger partial charge is 0.383 e. The van der Waals surface area contributed by atoms with E-state index in [2.05, 4.69) is 0 Å². The molecule has 11 heavy (non-hydrogen) atoms. The fourth-order valence-electron chi connectivity index (χ4n) is 1.62. The predicted octanol–water partition coefficient (Wildman–Crippen LogP) is 1.06. The third-order valence-corrected chi connectivity index (χ3v) is 2.54. The lowest BCUT2D eigenvalue weighted by molar-refractivity contribution is 0.0896. The van der Waals surface area contributed by atoms with Crippen molar-refractivity contribution in [1.29, 1.82) is 0 Å². The van der Waals surface area contributed by atoms with Gasteiger partial charge in [-0.25, -0.2) is 4.39 Å². The van der Waals surface area contributed by atoms with Gasteiger partial charge in [0.25, 0.3) is 0 Å². The zero-order valence-electron chi connectivity index (χ0n) is 7.38. The van der Waals surface area contributed by atoms with Crippen molar-refractivity contribution in [3.8, 4) is 0 Å². The van der Waals surface area contributed by atoms with E-state index in [1.165, 1.54) is 0 Å². The molecule has 0 aromatic carbocycles. The Morgan fingerprint density at radius 3 is 2.64 bits per heavy atom. The van der Waals surface area contributed by atoms with Crippen LogP contribution in [-0.4, -0.2) is 43.9 Å². The van der Waals surface area contributed by atoms with Crippen LogP contribution in [0.3, 0.4) is 0 Å². The molecule has 66 valence electrons. The molecule has 0 aromatic heterocycles. The number of hydrogen-bond donors (Lipinski definition) is 0. The van der Waals surface area contributed by atoms with Gasteiger partial charge in [0.05, 0.1) is 12.6 Å². The van der Waals surface area contributed by atoms with Crippen LogP contribution in [0, 0.1) is 0 Å². The molecule has 1 fully saturated rings. The molecule has 0 N–H and O–H groups in total. The van der Waals surface area contributed by atoms with Crippen LogP contribution in [0.1, 0.15) is 13.3 Å². The first kappa shape index (κ1) is 8.94. The van der Waals surface area contributed by atoms with Crippen molar-refractivity contribution in [2.24, 2.45) is 0 Å². The first-order valence-electron chi connectivity index (χ1n) is 4.01. The predicted molar refractivity (Wildman–Crippen MR) is 42.4 cm³/mol. The van der Waals surface area contributed by atoms with E-state index in [9.17, 15) is 4.39 Å². The van der Waals surface area contributed by atoms with Gasteiger partial charge >= 0.3 is 0 Å². The van der Waals surface area contributed by atoms with Gasteiger partial charge < -0.3 is 4.74 Å². The molecule has 3 atom stereocenters. The molecule has 0 spiro atoms. The molecule has 3 unspecified atom stereocenters. The van der Waals surface area contributed by atoms with Crippen LogP contribution in [0.25, 0.3) is 0 Å². The van der Waals surface area contributed by atoms with Crippen LogP contribution in [0.5, 0.6) is 0 Å². The number of likely N-dealkylation sites (tertiary alicyclic amines) is 1. The summed E-state index contributed by atoms with van der Waals surface area (Å²) in [7, 11) is 3.57. The zero-order valence-corrected chi connectivity index (χ0v) is 7.38. The van der Waals surface area contributed by atoms with E-state index in [1.807, 2.05) is 18.9 Å². The average Bonchev–Trinajstić information content (AvgIpc) is 2.17. The number of methoxy groups -OCH3 is 1. The van der Waals surface area contributed by atoms with E-state index in [1.54, 1.807) is 7.11 Å². The van der Waals surface area contributed by atoms with Gasteiger partial charge in [0.15, 0.2) is 0 Å². The smallest absolute Gasteiger partial charge is 0.119 e. The highest BCUT2D eigenvalue weighted by atomic mass is 19.1. The van der Waals surface area contributed by atoms with E-state index < -0.39 is 6.17 Å². The van der Waals surface area contributed by atoms with Gasteiger partial charge in [-0.1, -0.05) is 0 Å². The zero-order chi connectivity index (χ0) is 8.43. The molecule has 0 amide bonds. The highest BCUT2D eigenvalue weighted by Crippen LogP contribution is 2.24. The third kappa shape index (κ3) is 1.71. The maximum absolute atomic E-state index is 13.2. The van der Waals surface area contributed by atoms with Crippen LogP contribution >= 0.6 is 0 Å². The second kappa shape index (κ2) is 3.50. The van der Waals surface area contributed by atoms with Crippen molar-refractivity contribution in [1.82, 2.24) is 4.90 Å². The molecule has 0 aliphatic carbocycles. The summed E-state index contributed by atoms with van der Waals surface area (Å²) in [6, 6.07) is 0.320. The Labute approximate surface area is 67.3 Å². The minimum atomic E-state index is -0.713. The van der Waals surface area contributed by atoms with Crippen LogP contribution in [0.15, 0.2) is 0 Å². The number of alkyl halides is 1. The second-order valence-electron chi connectivity index (χ2n) is 3.29.